The van der Waals surface area contributed by atoms with Gasteiger partial charge in [0, 0.05) is 0 Å². The van der Waals surface area contributed by atoms with E-state index in [1.165, 1.54) is 6.33 Å². The molecule has 0 bridgehead atoms. The Morgan fingerprint density at radius 3 is 1.93 bits per heavy atom. The summed E-state index contributed by atoms with van der Waals surface area (Å²) in [6, 6.07) is 30.2. The van der Waals surface area contributed by atoms with Crippen LogP contribution in [0.2, 0.25) is 0 Å². The van der Waals surface area contributed by atoms with Crippen molar-refractivity contribution < 1.29 is 18.9 Å². The zero-order valence-electron chi connectivity index (χ0n) is 22.0. The van der Waals surface area contributed by atoms with Crippen LogP contribution < -0.4 is 5.73 Å². The molecule has 4 atom stereocenters. The Labute approximate surface area is 232 Å². The summed E-state index contributed by atoms with van der Waals surface area (Å²) in [6.07, 6.45) is 1.30. The molecule has 0 saturated carbocycles. The average molecular weight is 538 g/mol. The van der Waals surface area contributed by atoms with Crippen molar-refractivity contribution in [2.24, 2.45) is 0 Å². The lowest BCUT2D eigenvalue weighted by Gasteiger charge is -2.25. The fourth-order valence-electron chi connectivity index (χ4n) is 4.93. The van der Waals surface area contributed by atoms with Crippen molar-refractivity contribution in [3.63, 3.8) is 0 Å². The lowest BCUT2D eigenvalue weighted by molar-refractivity contribution is -0.0898. The summed E-state index contributed by atoms with van der Waals surface area (Å²) in [4.78, 5) is 8.54. The molecule has 3 heterocycles. The summed E-state index contributed by atoms with van der Waals surface area (Å²) in [5.41, 5.74) is 10.5. The maximum absolute atomic E-state index is 6.66. The van der Waals surface area contributed by atoms with Gasteiger partial charge in [0.05, 0.1) is 38.3 Å². The summed E-state index contributed by atoms with van der Waals surface area (Å²) >= 11 is 0. The second-order valence-electron chi connectivity index (χ2n) is 9.68. The second-order valence-corrected chi connectivity index (χ2v) is 9.68. The van der Waals surface area contributed by atoms with E-state index in [1.807, 2.05) is 91.0 Å². The van der Waals surface area contributed by atoms with Gasteiger partial charge in [-0.3, -0.25) is 0 Å². The van der Waals surface area contributed by atoms with Gasteiger partial charge >= 0.3 is 0 Å². The van der Waals surface area contributed by atoms with E-state index in [9.17, 15) is 0 Å². The minimum absolute atomic E-state index is 0.292. The van der Waals surface area contributed by atoms with Gasteiger partial charge in [0.2, 0.25) is 0 Å². The van der Waals surface area contributed by atoms with Gasteiger partial charge in [0.25, 0.3) is 0 Å². The van der Waals surface area contributed by atoms with E-state index < -0.39 is 24.4 Å². The first-order chi connectivity index (χ1) is 19.8. The smallest absolute Gasteiger partial charge is 0.196 e. The van der Waals surface area contributed by atoms with Crippen molar-refractivity contribution in [3.05, 3.63) is 126 Å². The average Bonchev–Trinajstić information content (AvgIpc) is 3.58. The maximum atomic E-state index is 6.66. The maximum Gasteiger partial charge on any atom is 0.196 e. The minimum atomic E-state index is -0.529. The molecule has 204 valence electrons. The molecule has 2 unspecified atom stereocenters. The first kappa shape index (κ1) is 26.1. The largest absolute Gasteiger partial charge is 0.381 e. The van der Waals surface area contributed by atoms with Gasteiger partial charge in [0.1, 0.15) is 30.7 Å². The molecule has 9 heteroatoms. The third-order valence-corrected chi connectivity index (χ3v) is 6.92. The zero-order valence-corrected chi connectivity index (χ0v) is 22.0. The third-order valence-electron chi connectivity index (χ3n) is 6.92. The van der Waals surface area contributed by atoms with Crippen molar-refractivity contribution in [2.45, 2.75) is 44.2 Å². The molecule has 1 aliphatic rings. The number of nitrogen functional groups attached to an aromatic ring is 1. The molecule has 9 nitrogen and oxygen atoms in total. The number of benzene rings is 3. The molecule has 0 spiro atoms. The van der Waals surface area contributed by atoms with Crippen molar-refractivity contribution >= 4 is 11.5 Å². The highest BCUT2D eigenvalue weighted by Crippen LogP contribution is 2.38. The molecule has 1 fully saturated rings. The molecule has 6 rings (SSSR count). The molecule has 0 aliphatic carbocycles. The molecule has 2 aromatic heterocycles. The molecule has 0 amide bonds. The lowest BCUT2D eigenvalue weighted by Crippen LogP contribution is -2.38. The minimum Gasteiger partial charge on any atom is -0.381 e. The van der Waals surface area contributed by atoms with Crippen molar-refractivity contribution in [3.8, 4) is 0 Å². The lowest BCUT2D eigenvalue weighted by atomic mass is 10.0. The monoisotopic (exact) mass is 537 g/mol. The van der Waals surface area contributed by atoms with E-state index in [4.69, 9.17) is 24.7 Å². The Morgan fingerprint density at radius 1 is 0.725 bits per heavy atom. The number of fused-ring (bicyclic) bond motifs is 1. The van der Waals surface area contributed by atoms with Crippen LogP contribution in [-0.2, 0) is 38.8 Å². The van der Waals surface area contributed by atoms with Gasteiger partial charge in [-0.2, -0.15) is 5.10 Å². The van der Waals surface area contributed by atoms with Crippen LogP contribution >= 0.6 is 0 Å². The Balaban J connectivity index is 1.29. The van der Waals surface area contributed by atoms with Crippen LogP contribution in [0.1, 0.15) is 28.5 Å². The van der Waals surface area contributed by atoms with E-state index >= 15 is 0 Å². The number of hydrogen-bond donors (Lipinski definition) is 1. The molecule has 40 heavy (non-hydrogen) atoms. The normalized spacial score (nSPS) is 20.7. The Kier molecular flexibility index (Phi) is 8.06. The number of ether oxygens (including phenoxy) is 4. The molecular formula is C31H31N5O4. The number of nitrogens with two attached hydrogens (primary N) is 1. The van der Waals surface area contributed by atoms with Gasteiger partial charge < -0.3 is 24.7 Å². The fourth-order valence-corrected chi connectivity index (χ4v) is 4.93. The number of aromatic nitrogens is 4. The first-order valence-electron chi connectivity index (χ1n) is 13.3. The molecule has 1 aliphatic heterocycles. The number of hydrogen-bond acceptors (Lipinski definition) is 8. The SMILES string of the molecule is Nc1ncnn2c([C@@H]3O[C@H](COCc4ccccc4)C(OCc4ccccc4)C3OCc3ccccc3)cnc12. The van der Waals surface area contributed by atoms with Crippen LogP contribution in [-0.4, -0.2) is 44.5 Å². The summed E-state index contributed by atoms with van der Waals surface area (Å²) in [5.74, 6) is 0.292. The highest BCUT2D eigenvalue weighted by atomic mass is 16.6. The van der Waals surface area contributed by atoms with E-state index in [2.05, 4.69) is 15.1 Å². The summed E-state index contributed by atoms with van der Waals surface area (Å²) < 4.78 is 27.6. The molecule has 2 N–H and O–H groups in total. The second kappa shape index (κ2) is 12.4. The van der Waals surface area contributed by atoms with E-state index in [0.29, 0.717) is 43.6 Å². The van der Waals surface area contributed by atoms with Gasteiger partial charge in [0.15, 0.2) is 11.5 Å². The van der Waals surface area contributed by atoms with Crippen molar-refractivity contribution in [1.82, 2.24) is 19.6 Å². The zero-order chi connectivity index (χ0) is 27.1. The molecule has 3 aromatic carbocycles. The Morgan fingerprint density at radius 2 is 1.30 bits per heavy atom. The van der Waals surface area contributed by atoms with Crippen molar-refractivity contribution in [2.75, 3.05) is 12.3 Å². The molecular weight excluding hydrogens is 506 g/mol. The topological polar surface area (TPSA) is 106 Å². The van der Waals surface area contributed by atoms with Crippen LogP contribution in [0.5, 0.6) is 0 Å². The van der Waals surface area contributed by atoms with Crippen LogP contribution in [0, 0.1) is 0 Å². The van der Waals surface area contributed by atoms with E-state index in [0.717, 1.165) is 16.7 Å². The van der Waals surface area contributed by atoms with E-state index in [-0.39, 0.29) is 0 Å². The van der Waals surface area contributed by atoms with Crippen LogP contribution in [0.25, 0.3) is 5.65 Å². The van der Waals surface area contributed by atoms with Crippen molar-refractivity contribution in [1.29, 1.82) is 0 Å². The predicted molar refractivity (Wildman–Crippen MR) is 149 cm³/mol. The number of anilines is 1. The highest BCUT2D eigenvalue weighted by molar-refractivity contribution is 5.58. The first-order valence-corrected chi connectivity index (χ1v) is 13.3. The summed E-state index contributed by atoms with van der Waals surface area (Å²) in [7, 11) is 0. The van der Waals surface area contributed by atoms with E-state index in [1.54, 1.807) is 10.7 Å². The Hall–Kier alpha value is -4.15. The third kappa shape index (κ3) is 5.88. The van der Waals surface area contributed by atoms with Gasteiger partial charge in [-0.1, -0.05) is 91.0 Å². The Bertz CT molecular complexity index is 1500. The van der Waals surface area contributed by atoms with Gasteiger partial charge in [-0.15, -0.1) is 0 Å². The fraction of sp³-hybridized carbons (Fsp3) is 0.258. The van der Waals surface area contributed by atoms with Gasteiger partial charge in [-0.05, 0) is 16.7 Å². The number of rotatable bonds is 11. The van der Waals surface area contributed by atoms with Crippen LogP contribution in [0.3, 0.4) is 0 Å². The van der Waals surface area contributed by atoms with Gasteiger partial charge in [-0.25, -0.2) is 14.5 Å². The summed E-state index contributed by atoms with van der Waals surface area (Å²) in [5, 5.41) is 4.40. The standard InChI is InChI=1S/C31H31N5O4/c32-30-31-33-16-25(36(31)35-21-34-30)27-29(39-19-24-14-8-3-9-15-24)28(38-18-23-12-6-2-7-13-23)26(40-27)20-37-17-22-10-4-1-5-11-22/h1-16,21,26-29H,17-20H2,(H2,32,34,35)/t26-,27+,28?,29?/m1/s1. The molecule has 5 aromatic rings. The number of imidazole rings is 1. The molecule has 0 radical (unpaired) electrons. The van der Waals surface area contributed by atoms with Crippen LogP contribution in [0.15, 0.2) is 104 Å². The van der Waals surface area contributed by atoms with Crippen LogP contribution in [0.4, 0.5) is 5.82 Å². The quantitative estimate of drug-likeness (QED) is 0.262. The highest BCUT2D eigenvalue weighted by Gasteiger charge is 2.48. The summed E-state index contributed by atoms with van der Waals surface area (Å²) in [6.45, 7) is 1.59. The molecule has 1 saturated heterocycles. The number of nitrogens with zero attached hydrogens (tertiary/aromatic N) is 4. The predicted octanol–water partition coefficient (Wildman–Crippen LogP) is 4.53.